The third kappa shape index (κ3) is 3.50. The van der Waals surface area contributed by atoms with Gasteiger partial charge in [-0.15, -0.1) is 0 Å². The van der Waals surface area contributed by atoms with Crippen LogP contribution >= 0.6 is 0 Å². The Morgan fingerprint density at radius 3 is 2.86 bits per heavy atom. The van der Waals surface area contributed by atoms with Gasteiger partial charge in [-0.2, -0.15) is 0 Å². The van der Waals surface area contributed by atoms with Gasteiger partial charge in [-0.1, -0.05) is 6.92 Å². The predicted molar refractivity (Wildman–Crippen MR) is 91.0 cm³/mol. The van der Waals surface area contributed by atoms with Crippen LogP contribution in [-0.2, 0) is 4.79 Å². The minimum absolute atomic E-state index is 0.123. The Bertz CT molecular complexity index is 655. The number of carbonyl (C=O) groups excluding carboxylic acids is 1. The van der Waals surface area contributed by atoms with Gasteiger partial charge in [0.25, 0.3) is 0 Å². The highest BCUT2D eigenvalue weighted by atomic mass is 16.1. The van der Waals surface area contributed by atoms with E-state index in [0.29, 0.717) is 18.3 Å². The van der Waals surface area contributed by atoms with E-state index in [-0.39, 0.29) is 5.91 Å². The number of benzene rings is 1. The van der Waals surface area contributed by atoms with E-state index in [1.165, 1.54) is 12.8 Å². The summed E-state index contributed by atoms with van der Waals surface area (Å²) in [5.41, 5.74) is 3.13. The molecule has 4 heteroatoms. The molecule has 118 valence electrons. The van der Waals surface area contributed by atoms with Gasteiger partial charge in [-0.05, 0) is 69.0 Å². The largest absolute Gasteiger partial charge is 0.359 e. The SMILES string of the molecule is Cc1cc2cc(NC(=O)CC(C)C3CCNCC3)ccc2[nH]1. The topological polar surface area (TPSA) is 56.9 Å². The van der Waals surface area contributed by atoms with Crippen molar-refractivity contribution in [3.63, 3.8) is 0 Å². The Morgan fingerprint density at radius 1 is 1.32 bits per heavy atom. The second kappa shape index (κ2) is 6.53. The molecular weight excluding hydrogens is 274 g/mol. The Labute approximate surface area is 131 Å². The predicted octanol–water partition coefficient (Wildman–Crippen LogP) is 3.44. The van der Waals surface area contributed by atoms with Crippen molar-refractivity contribution in [1.82, 2.24) is 10.3 Å². The molecule has 1 aromatic heterocycles. The van der Waals surface area contributed by atoms with Gasteiger partial charge in [-0.3, -0.25) is 4.79 Å². The number of piperidine rings is 1. The van der Waals surface area contributed by atoms with Gasteiger partial charge < -0.3 is 15.6 Å². The standard InChI is InChI=1S/C18H25N3O/c1-12(14-5-7-19-8-6-14)9-18(22)21-16-3-4-17-15(11-16)10-13(2)20-17/h3-4,10-12,14,19-20H,5-9H2,1-2H3,(H,21,22). The van der Waals surface area contributed by atoms with E-state index in [1.807, 2.05) is 25.1 Å². The number of hydrogen-bond acceptors (Lipinski definition) is 2. The molecule has 1 aliphatic heterocycles. The molecule has 1 atom stereocenters. The maximum Gasteiger partial charge on any atom is 0.224 e. The van der Waals surface area contributed by atoms with Crippen LogP contribution in [0.4, 0.5) is 5.69 Å². The molecule has 2 heterocycles. The van der Waals surface area contributed by atoms with E-state index in [1.54, 1.807) is 0 Å². The smallest absolute Gasteiger partial charge is 0.224 e. The summed E-state index contributed by atoms with van der Waals surface area (Å²) in [4.78, 5) is 15.6. The molecule has 1 aliphatic rings. The lowest BCUT2D eigenvalue weighted by atomic mass is 9.84. The molecule has 2 aromatic rings. The zero-order chi connectivity index (χ0) is 15.5. The summed E-state index contributed by atoms with van der Waals surface area (Å²) in [5.74, 6) is 1.24. The van der Waals surface area contributed by atoms with Crippen LogP contribution in [0.5, 0.6) is 0 Å². The van der Waals surface area contributed by atoms with E-state index in [9.17, 15) is 4.79 Å². The van der Waals surface area contributed by atoms with Crippen LogP contribution in [0.1, 0.15) is 31.9 Å². The van der Waals surface area contributed by atoms with Crippen molar-refractivity contribution in [3.8, 4) is 0 Å². The van der Waals surface area contributed by atoms with Crippen LogP contribution in [0, 0.1) is 18.8 Å². The lowest BCUT2D eigenvalue weighted by Gasteiger charge is -2.27. The van der Waals surface area contributed by atoms with Gasteiger partial charge >= 0.3 is 0 Å². The van der Waals surface area contributed by atoms with Crippen LogP contribution in [-0.4, -0.2) is 24.0 Å². The number of anilines is 1. The number of aromatic nitrogens is 1. The first-order chi connectivity index (χ1) is 10.6. The zero-order valence-electron chi connectivity index (χ0n) is 13.4. The van der Waals surface area contributed by atoms with Crippen molar-refractivity contribution in [2.45, 2.75) is 33.1 Å². The third-order valence-electron chi connectivity index (χ3n) is 4.74. The summed E-state index contributed by atoms with van der Waals surface area (Å²) in [5, 5.41) is 7.56. The minimum atomic E-state index is 0.123. The third-order valence-corrected chi connectivity index (χ3v) is 4.74. The van der Waals surface area contributed by atoms with Gasteiger partial charge in [-0.25, -0.2) is 0 Å². The maximum absolute atomic E-state index is 12.3. The summed E-state index contributed by atoms with van der Waals surface area (Å²) in [7, 11) is 0. The van der Waals surface area contributed by atoms with Gasteiger partial charge in [0.1, 0.15) is 0 Å². The van der Waals surface area contributed by atoms with Crippen LogP contribution in [0.25, 0.3) is 10.9 Å². The molecule has 0 bridgehead atoms. The molecule has 1 amide bonds. The van der Waals surface area contributed by atoms with Crippen LogP contribution in [0.3, 0.4) is 0 Å². The number of hydrogen-bond donors (Lipinski definition) is 3. The number of fused-ring (bicyclic) bond motifs is 1. The zero-order valence-corrected chi connectivity index (χ0v) is 13.4. The summed E-state index contributed by atoms with van der Waals surface area (Å²) in [6.45, 7) is 6.41. The molecule has 22 heavy (non-hydrogen) atoms. The van der Waals surface area contributed by atoms with Crippen molar-refractivity contribution < 1.29 is 4.79 Å². The van der Waals surface area contributed by atoms with Crippen molar-refractivity contribution in [1.29, 1.82) is 0 Å². The van der Waals surface area contributed by atoms with E-state index in [0.717, 1.165) is 35.4 Å². The van der Waals surface area contributed by atoms with Crippen LogP contribution in [0.15, 0.2) is 24.3 Å². The molecule has 3 N–H and O–H groups in total. The highest BCUT2D eigenvalue weighted by Gasteiger charge is 2.22. The summed E-state index contributed by atoms with van der Waals surface area (Å²) < 4.78 is 0. The molecule has 0 spiro atoms. The van der Waals surface area contributed by atoms with E-state index in [2.05, 4.69) is 28.6 Å². The first kappa shape index (κ1) is 15.1. The Morgan fingerprint density at radius 2 is 2.09 bits per heavy atom. The van der Waals surface area contributed by atoms with E-state index >= 15 is 0 Å². The molecule has 1 aromatic carbocycles. The first-order valence-corrected chi connectivity index (χ1v) is 8.22. The molecule has 0 radical (unpaired) electrons. The number of aryl methyl sites for hydroxylation is 1. The fourth-order valence-corrected chi connectivity index (χ4v) is 3.44. The highest BCUT2D eigenvalue weighted by molar-refractivity contribution is 5.94. The number of aromatic amines is 1. The highest BCUT2D eigenvalue weighted by Crippen LogP contribution is 2.25. The Kier molecular flexibility index (Phi) is 4.48. The Hall–Kier alpha value is -1.81. The van der Waals surface area contributed by atoms with Crippen molar-refractivity contribution >= 4 is 22.5 Å². The summed E-state index contributed by atoms with van der Waals surface area (Å²) in [6.07, 6.45) is 2.97. The van der Waals surface area contributed by atoms with Crippen molar-refractivity contribution in [2.75, 3.05) is 18.4 Å². The fourth-order valence-electron chi connectivity index (χ4n) is 3.44. The molecule has 1 unspecified atom stereocenters. The first-order valence-electron chi connectivity index (χ1n) is 8.22. The van der Waals surface area contributed by atoms with Crippen molar-refractivity contribution in [3.05, 3.63) is 30.0 Å². The van der Waals surface area contributed by atoms with Gasteiger partial charge in [0, 0.05) is 28.7 Å². The monoisotopic (exact) mass is 299 g/mol. The molecule has 3 rings (SSSR count). The van der Waals surface area contributed by atoms with Crippen molar-refractivity contribution in [2.24, 2.45) is 11.8 Å². The van der Waals surface area contributed by atoms with Crippen LogP contribution in [0.2, 0.25) is 0 Å². The second-order valence-electron chi connectivity index (χ2n) is 6.57. The molecule has 4 nitrogen and oxygen atoms in total. The summed E-state index contributed by atoms with van der Waals surface area (Å²) >= 11 is 0. The molecule has 1 fully saturated rings. The van der Waals surface area contributed by atoms with Gasteiger partial charge in [0.15, 0.2) is 0 Å². The van der Waals surface area contributed by atoms with Gasteiger partial charge in [0.05, 0.1) is 0 Å². The number of carbonyl (C=O) groups is 1. The maximum atomic E-state index is 12.3. The number of H-pyrrole nitrogens is 1. The molecule has 1 saturated heterocycles. The number of rotatable bonds is 4. The average molecular weight is 299 g/mol. The quantitative estimate of drug-likeness (QED) is 0.810. The Balaban J connectivity index is 1.59. The lowest BCUT2D eigenvalue weighted by Crippen LogP contribution is -2.32. The lowest BCUT2D eigenvalue weighted by molar-refractivity contribution is -0.117. The van der Waals surface area contributed by atoms with E-state index < -0.39 is 0 Å². The number of nitrogens with one attached hydrogen (secondary N) is 3. The van der Waals surface area contributed by atoms with E-state index in [4.69, 9.17) is 0 Å². The molecule has 0 saturated carbocycles. The minimum Gasteiger partial charge on any atom is -0.359 e. The van der Waals surface area contributed by atoms with Crippen LogP contribution < -0.4 is 10.6 Å². The normalized spacial score (nSPS) is 17.5. The average Bonchev–Trinajstić information content (AvgIpc) is 2.87. The summed E-state index contributed by atoms with van der Waals surface area (Å²) in [6, 6.07) is 8.12. The van der Waals surface area contributed by atoms with Gasteiger partial charge in [0.2, 0.25) is 5.91 Å². The fraction of sp³-hybridized carbons (Fsp3) is 0.500. The molecular formula is C18H25N3O. The number of amides is 1. The second-order valence-corrected chi connectivity index (χ2v) is 6.57. The molecule has 0 aliphatic carbocycles.